The molecule has 8 nitrogen and oxygen atoms in total. The van der Waals surface area contributed by atoms with Crippen LogP contribution in [0.4, 0.5) is 0 Å². The van der Waals surface area contributed by atoms with E-state index < -0.39 is 10.0 Å². The summed E-state index contributed by atoms with van der Waals surface area (Å²) in [5.41, 5.74) is 0.850. The van der Waals surface area contributed by atoms with Crippen LogP contribution in [-0.2, 0) is 10.0 Å². The summed E-state index contributed by atoms with van der Waals surface area (Å²) in [5.74, 6) is 0.278. The quantitative estimate of drug-likeness (QED) is 0.632. The Hall–Kier alpha value is -2.42. The molecule has 0 radical (unpaired) electrons. The Labute approximate surface area is 152 Å². The molecule has 4 rings (SSSR count). The third kappa shape index (κ3) is 3.07. The summed E-state index contributed by atoms with van der Waals surface area (Å²) in [7, 11) is -3.86. The predicted octanol–water partition coefficient (Wildman–Crippen LogP) is 2.08. The smallest absolute Gasteiger partial charge is 0.285 e. The number of fused-ring (bicyclic) bond motifs is 1. The monoisotopic (exact) mass is 374 g/mol. The number of nitrogens with one attached hydrogen (secondary N) is 2. The fourth-order valence-corrected chi connectivity index (χ4v) is 4.65. The molecule has 138 valence electrons. The van der Waals surface area contributed by atoms with Crippen LogP contribution >= 0.6 is 0 Å². The zero-order chi connectivity index (χ0) is 18.2. The molecular weight excluding hydrogens is 352 g/mol. The van der Waals surface area contributed by atoms with E-state index in [1.807, 2.05) is 13.1 Å². The standard InChI is InChI=1S/C17H22N6O2S/c1-2-18-16(23-12-17(11-20-23)7-3-4-8-17)22-26(24,25)14-5-6-15-13(9-14)10-19-21-15/h5-6,9-11H,2-4,7-8,12H2,1H3,(H,18,22)(H,19,21). The zero-order valence-electron chi connectivity index (χ0n) is 14.6. The molecule has 2 aliphatic rings. The minimum Gasteiger partial charge on any atom is -0.354 e. The Balaban J connectivity index is 1.64. The van der Waals surface area contributed by atoms with E-state index in [0.29, 0.717) is 13.1 Å². The Kier molecular flexibility index (Phi) is 4.18. The highest BCUT2D eigenvalue weighted by Crippen LogP contribution is 2.40. The van der Waals surface area contributed by atoms with Crippen molar-refractivity contribution in [3.05, 3.63) is 24.4 Å². The number of hydrazone groups is 1. The van der Waals surface area contributed by atoms with Crippen molar-refractivity contribution in [1.82, 2.24) is 20.5 Å². The minimum absolute atomic E-state index is 0.0651. The number of guanidine groups is 1. The SMILES string of the molecule is CCN/C(=N\S(=O)(=O)c1ccc2[nH]ncc2c1)N1CC2(C=N1)CCCC2. The van der Waals surface area contributed by atoms with Gasteiger partial charge >= 0.3 is 0 Å². The van der Waals surface area contributed by atoms with Crippen molar-refractivity contribution in [3.63, 3.8) is 0 Å². The summed E-state index contributed by atoms with van der Waals surface area (Å²) in [4.78, 5) is 0.139. The van der Waals surface area contributed by atoms with Gasteiger partial charge in [-0.1, -0.05) is 12.8 Å². The fraction of sp³-hybridized carbons (Fsp3) is 0.471. The van der Waals surface area contributed by atoms with Crippen LogP contribution in [0.25, 0.3) is 10.9 Å². The highest BCUT2D eigenvalue weighted by molar-refractivity contribution is 7.90. The molecule has 0 atom stereocenters. The number of hydrogen-bond acceptors (Lipinski definition) is 4. The first-order valence-corrected chi connectivity index (χ1v) is 10.3. The van der Waals surface area contributed by atoms with Crippen LogP contribution in [0, 0.1) is 5.41 Å². The third-order valence-corrected chi connectivity index (χ3v) is 6.29. The normalized spacial score (nSPS) is 19.7. The summed E-state index contributed by atoms with van der Waals surface area (Å²) >= 11 is 0. The van der Waals surface area contributed by atoms with E-state index in [9.17, 15) is 8.42 Å². The van der Waals surface area contributed by atoms with Crippen LogP contribution in [0.1, 0.15) is 32.6 Å². The first-order valence-electron chi connectivity index (χ1n) is 8.86. The number of benzene rings is 1. The number of aromatic amines is 1. The molecule has 1 aliphatic carbocycles. The number of nitrogens with zero attached hydrogens (tertiary/aromatic N) is 4. The Morgan fingerprint density at radius 1 is 1.38 bits per heavy atom. The lowest BCUT2D eigenvalue weighted by atomic mass is 9.88. The second-order valence-electron chi connectivity index (χ2n) is 6.91. The van der Waals surface area contributed by atoms with Gasteiger partial charge in [0.15, 0.2) is 0 Å². The number of aromatic nitrogens is 2. The van der Waals surface area contributed by atoms with Crippen LogP contribution in [0.15, 0.2) is 38.8 Å². The number of rotatable bonds is 3. The summed E-state index contributed by atoms with van der Waals surface area (Å²) in [6.45, 7) is 3.15. The molecular formula is C17H22N6O2S. The molecule has 1 aromatic carbocycles. The molecule has 1 saturated carbocycles. The van der Waals surface area contributed by atoms with Crippen molar-refractivity contribution in [2.45, 2.75) is 37.5 Å². The van der Waals surface area contributed by atoms with E-state index in [0.717, 1.165) is 23.7 Å². The summed E-state index contributed by atoms with van der Waals surface area (Å²) in [6, 6.07) is 4.81. The van der Waals surface area contributed by atoms with Crippen molar-refractivity contribution in [3.8, 4) is 0 Å². The van der Waals surface area contributed by atoms with Crippen molar-refractivity contribution >= 4 is 33.1 Å². The molecule has 2 N–H and O–H groups in total. The van der Waals surface area contributed by atoms with Gasteiger partial charge in [-0.25, -0.2) is 5.01 Å². The first-order chi connectivity index (χ1) is 12.5. The van der Waals surface area contributed by atoms with Gasteiger partial charge in [-0.05, 0) is 38.0 Å². The molecule has 0 saturated heterocycles. The van der Waals surface area contributed by atoms with E-state index >= 15 is 0 Å². The topological polar surface area (TPSA) is 103 Å². The predicted molar refractivity (Wildman–Crippen MR) is 100 cm³/mol. The highest BCUT2D eigenvalue weighted by Gasteiger charge is 2.39. The average molecular weight is 374 g/mol. The zero-order valence-corrected chi connectivity index (χ0v) is 15.5. The molecule has 9 heteroatoms. The Morgan fingerprint density at radius 3 is 2.96 bits per heavy atom. The molecule has 0 amide bonds. The van der Waals surface area contributed by atoms with Crippen molar-refractivity contribution < 1.29 is 8.42 Å². The third-order valence-electron chi connectivity index (χ3n) is 5.03. The van der Waals surface area contributed by atoms with Gasteiger partial charge < -0.3 is 5.32 Å². The molecule has 0 unspecified atom stereocenters. The molecule has 1 fully saturated rings. The van der Waals surface area contributed by atoms with Crippen molar-refractivity contribution in [2.24, 2.45) is 14.9 Å². The van der Waals surface area contributed by atoms with Crippen LogP contribution in [0.5, 0.6) is 0 Å². The van der Waals surface area contributed by atoms with E-state index in [2.05, 4.69) is 25.0 Å². The van der Waals surface area contributed by atoms with E-state index in [1.165, 1.54) is 18.9 Å². The van der Waals surface area contributed by atoms with E-state index in [1.54, 1.807) is 23.3 Å². The number of hydrogen-bond donors (Lipinski definition) is 2. The summed E-state index contributed by atoms with van der Waals surface area (Å²) < 4.78 is 29.7. The van der Waals surface area contributed by atoms with Crippen LogP contribution in [-0.4, -0.2) is 48.9 Å². The van der Waals surface area contributed by atoms with E-state index in [4.69, 9.17) is 0 Å². The molecule has 2 aromatic rings. The second kappa shape index (κ2) is 6.39. The summed E-state index contributed by atoms with van der Waals surface area (Å²) in [6.07, 6.45) is 8.13. The molecule has 1 aromatic heterocycles. The van der Waals surface area contributed by atoms with Gasteiger partial charge in [-0.15, -0.1) is 4.40 Å². The highest BCUT2D eigenvalue weighted by atomic mass is 32.2. The summed E-state index contributed by atoms with van der Waals surface area (Å²) in [5, 5.41) is 16.6. The van der Waals surface area contributed by atoms with Crippen LogP contribution in [0.3, 0.4) is 0 Å². The first kappa shape index (κ1) is 17.0. The van der Waals surface area contributed by atoms with E-state index in [-0.39, 0.29) is 16.3 Å². The van der Waals surface area contributed by atoms with Gasteiger partial charge in [0.1, 0.15) is 0 Å². The lowest BCUT2D eigenvalue weighted by Crippen LogP contribution is -2.40. The van der Waals surface area contributed by atoms with Crippen LogP contribution in [0.2, 0.25) is 0 Å². The largest absolute Gasteiger partial charge is 0.354 e. The fourth-order valence-electron chi connectivity index (χ4n) is 3.64. The molecule has 26 heavy (non-hydrogen) atoms. The molecule has 0 bridgehead atoms. The maximum Gasteiger partial charge on any atom is 0.285 e. The lowest BCUT2D eigenvalue weighted by Gasteiger charge is -2.23. The maximum atomic E-state index is 12.8. The maximum absolute atomic E-state index is 12.8. The second-order valence-corrected chi connectivity index (χ2v) is 8.52. The minimum atomic E-state index is -3.86. The molecule has 1 aliphatic heterocycles. The molecule has 1 spiro atoms. The van der Waals surface area contributed by atoms with Gasteiger partial charge in [0.2, 0.25) is 5.96 Å². The van der Waals surface area contributed by atoms with Crippen molar-refractivity contribution in [2.75, 3.05) is 13.1 Å². The van der Waals surface area contributed by atoms with Gasteiger partial charge in [-0.2, -0.15) is 18.6 Å². The van der Waals surface area contributed by atoms with Crippen LogP contribution < -0.4 is 5.32 Å². The van der Waals surface area contributed by atoms with Gasteiger partial charge in [0.25, 0.3) is 10.0 Å². The lowest BCUT2D eigenvalue weighted by molar-refractivity contribution is 0.340. The van der Waals surface area contributed by atoms with Gasteiger partial charge in [-0.3, -0.25) is 5.10 Å². The van der Waals surface area contributed by atoms with Gasteiger partial charge in [0.05, 0.1) is 23.2 Å². The molecule has 2 heterocycles. The van der Waals surface area contributed by atoms with Gasteiger partial charge in [0, 0.05) is 23.6 Å². The Bertz CT molecular complexity index is 972. The number of H-pyrrole nitrogens is 1. The Morgan fingerprint density at radius 2 is 2.19 bits per heavy atom. The number of sulfonamides is 1. The van der Waals surface area contributed by atoms with Crippen molar-refractivity contribution in [1.29, 1.82) is 0 Å². The average Bonchev–Trinajstić information content (AvgIpc) is 3.36.